The first-order valence-electron chi connectivity index (χ1n) is 7.77. The summed E-state index contributed by atoms with van der Waals surface area (Å²) in [4.78, 5) is 24.7. The molecular formula is C19H19NO3. The van der Waals surface area contributed by atoms with Gasteiger partial charge in [0.15, 0.2) is 0 Å². The van der Waals surface area contributed by atoms with Crippen LogP contribution in [0.5, 0.6) is 0 Å². The van der Waals surface area contributed by atoms with Crippen molar-refractivity contribution in [1.29, 1.82) is 0 Å². The van der Waals surface area contributed by atoms with Crippen LogP contribution in [0.1, 0.15) is 24.0 Å². The van der Waals surface area contributed by atoms with E-state index in [4.69, 9.17) is 5.11 Å². The molecule has 3 rings (SSSR count). The summed E-state index contributed by atoms with van der Waals surface area (Å²) in [5.74, 6) is -0.889. The topological polar surface area (TPSA) is 57.6 Å². The zero-order valence-electron chi connectivity index (χ0n) is 13.1. The van der Waals surface area contributed by atoms with Gasteiger partial charge in [0.05, 0.1) is 6.42 Å². The third kappa shape index (κ3) is 3.26. The predicted molar refractivity (Wildman–Crippen MR) is 89.5 cm³/mol. The molecule has 0 bridgehead atoms. The van der Waals surface area contributed by atoms with Gasteiger partial charge in [-0.15, -0.1) is 0 Å². The van der Waals surface area contributed by atoms with Gasteiger partial charge in [-0.25, -0.2) is 0 Å². The smallest absolute Gasteiger partial charge is 0.305 e. The number of anilines is 1. The third-order valence-electron chi connectivity index (χ3n) is 4.19. The Morgan fingerprint density at radius 1 is 1.13 bits per heavy atom. The van der Waals surface area contributed by atoms with Gasteiger partial charge in [-0.05, 0) is 36.1 Å². The lowest BCUT2D eigenvalue weighted by Crippen LogP contribution is -2.36. The summed E-state index contributed by atoms with van der Waals surface area (Å²) in [6.45, 7) is 2.27. The molecule has 0 atom stereocenters. The number of carbonyl (C=O) groups is 2. The van der Waals surface area contributed by atoms with Gasteiger partial charge in [0.2, 0.25) is 5.91 Å². The molecule has 1 N–H and O–H groups in total. The molecule has 0 aromatic heterocycles. The van der Waals surface area contributed by atoms with E-state index in [1.54, 1.807) is 4.90 Å². The molecule has 1 amide bonds. The van der Waals surface area contributed by atoms with Crippen molar-refractivity contribution < 1.29 is 14.7 Å². The highest BCUT2D eigenvalue weighted by atomic mass is 16.4. The number of carbonyl (C=O) groups excluding carboxylic acids is 1. The fourth-order valence-corrected chi connectivity index (χ4v) is 2.99. The van der Waals surface area contributed by atoms with Gasteiger partial charge in [0.25, 0.3) is 0 Å². The fraction of sp³-hybridized carbons (Fsp3) is 0.263. The lowest BCUT2D eigenvalue weighted by atomic mass is 9.95. The second-order valence-corrected chi connectivity index (χ2v) is 5.90. The summed E-state index contributed by atoms with van der Waals surface area (Å²) in [7, 11) is 0. The molecule has 0 fully saturated rings. The number of aliphatic carboxylic acids is 1. The first kappa shape index (κ1) is 15.3. The van der Waals surface area contributed by atoms with Crippen LogP contribution in [0.15, 0.2) is 42.5 Å². The number of aryl methyl sites for hydroxylation is 2. The lowest BCUT2D eigenvalue weighted by molar-refractivity contribution is -0.136. The lowest BCUT2D eigenvalue weighted by Gasteiger charge is -2.29. The summed E-state index contributed by atoms with van der Waals surface area (Å²) in [5, 5.41) is 8.90. The van der Waals surface area contributed by atoms with E-state index in [9.17, 15) is 9.59 Å². The second-order valence-electron chi connectivity index (χ2n) is 5.90. The maximum atomic E-state index is 12.2. The Morgan fingerprint density at radius 2 is 1.91 bits per heavy atom. The standard InChI is InChI=1S/C19H19NO3/c1-13-3-2-4-15(11-13)16-6-5-14-7-8-18(21)20(17(14)12-16)10-9-19(22)23/h2-6,11-12H,7-10H2,1H3,(H,22,23). The largest absolute Gasteiger partial charge is 0.481 e. The number of fused-ring (bicyclic) bond motifs is 1. The summed E-state index contributed by atoms with van der Waals surface area (Å²) in [6.07, 6.45) is 1.11. The molecular weight excluding hydrogens is 290 g/mol. The first-order valence-corrected chi connectivity index (χ1v) is 7.77. The van der Waals surface area contributed by atoms with Crippen molar-refractivity contribution in [2.75, 3.05) is 11.4 Å². The van der Waals surface area contributed by atoms with Crippen LogP contribution in [0.3, 0.4) is 0 Å². The molecule has 0 unspecified atom stereocenters. The summed E-state index contributed by atoms with van der Waals surface area (Å²) >= 11 is 0. The molecule has 118 valence electrons. The van der Waals surface area contributed by atoms with Gasteiger partial charge in [-0.3, -0.25) is 9.59 Å². The predicted octanol–water partition coefficient (Wildman–Crippen LogP) is 3.42. The molecule has 0 spiro atoms. The van der Waals surface area contributed by atoms with Crippen molar-refractivity contribution in [1.82, 2.24) is 0 Å². The maximum Gasteiger partial charge on any atom is 0.305 e. The Hall–Kier alpha value is -2.62. The van der Waals surface area contributed by atoms with E-state index in [1.165, 1.54) is 5.56 Å². The van der Waals surface area contributed by atoms with Crippen molar-refractivity contribution in [3.63, 3.8) is 0 Å². The van der Waals surface area contributed by atoms with Crippen molar-refractivity contribution in [2.24, 2.45) is 0 Å². The molecule has 0 radical (unpaired) electrons. The zero-order valence-corrected chi connectivity index (χ0v) is 13.1. The highest BCUT2D eigenvalue weighted by molar-refractivity contribution is 5.97. The van der Waals surface area contributed by atoms with Gasteiger partial charge < -0.3 is 10.0 Å². The van der Waals surface area contributed by atoms with Crippen LogP contribution in [0.25, 0.3) is 11.1 Å². The van der Waals surface area contributed by atoms with E-state index < -0.39 is 5.97 Å². The van der Waals surface area contributed by atoms with Crippen molar-refractivity contribution in [3.8, 4) is 11.1 Å². The average Bonchev–Trinajstić information content (AvgIpc) is 2.53. The number of rotatable bonds is 4. The Labute approximate surface area is 135 Å². The van der Waals surface area contributed by atoms with Crippen LogP contribution in [0.2, 0.25) is 0 Å². The molecule has 1 aliphatic heterocycles. The Balaban J connectivity index is 1.99. The Kier molecular flexibility index (Phi) is 4.15. The van der Waals surface area contributed by atoms with E-state index in [0.717, 1.165) is 22.4 Å². The minimum atomic E-state index is -0.889. The zero-order chi connectivity index (χ0) is 16.4. The quantitative estimate of drug-likeness (QED) is 0.941. The molecule has 0 saturated carbocycles. The monoisotopic (exact) mass is 309 g/mol. The Bertz CT molecular complexity index is 767. The van der Waals surface area contributed by atoms with Crippen LogP contribution < -0.4 is 4.90 Å². The van der Waals surface area contributed by atoms with E-state index in [-0.39, 0.29) is 18.9 Å². The summed E-state index contributed by atoms with van der Waals surface area (Å²) < 4.78 is 0. The summed E-state index contributed by atoms with van der Waals surface area (Å²) in [5.41, 5.74) is 5.28. The van der Waals surface area contributed by atoms with Gasteiger partial charge >= 0.3 is 5.97 Å². The molecule has 4 heteroatoms. The fourth-order valence-electron chi connectivity index (χ4n) is 2.99. The van der Waals surface area contributed by atoms with Crippen LogP contribution in [0.4, 0.5) is 5.69 Å². The SMILES string of the molecule is Cc1cccc(-c2ccc3c(c2)N(CCC(=O)O)C(=O)CC3)c1. The first-order chi connectivity index (χ1) is 11.0. The van der Waals surface area contributed by atoms with E-state index >= 15 is 0 Å². The van der Waals surface area contributed by atoms with Gasteiger partial charge in [0.1, 0.15) is 0 Å². The van der Waals surface area contributed by atoms with Gasteiger partial charge in [-0.1, -0.05) is 42.0 Å². The molecule has 1 heterocycles. The van der Waals surface area contributed by atoms with Crippen LogP contribution in [-0.4, -0.2) is 23.5 Å². The molecule has 0 saturated heterocycles. The average molecular weight is 309 g/mol. The van der Waals surface area contributed by atoms with E-state index in [1.807, 2.05) is 37.3 Å². The summed E-state index contributed by atoms with van der Waals surface area (Å²) in [6, 6.07) is 14.3. The third-order valence-corrected chi connectivity index (χ3v) is 4.19. The van der Waals surface area contributed by atoms with E-state index in [0.29, 0.717) is 12.8 Å². The molecule has 2 aromatic carbocycles. The van der Waals surface area contributed by atoms with Crippen molar-refractivity contribution >= 4 is 17.6 Å². The highest BCUT2D eigenvalue weighted by Crippen LogP contribution is 2.33. The number of carboxylic acid groups (broad SMARTS) is 1. The van der Waals surface area contributed by atoms with E-state index in [2.05, 4.69) is 12.1 Å². The highest BCUT2D eigenvalue weighted by Gasteiger charge is 2.24. The number of benzene rings is 2. The molecule has 4 nitrogen and oxygen atoms in total. The number of amides is 1. The molecule has 23 heavy (non-hydrogen) atoms. The van der Waals surface area contributed by atoms with Crippen molar-refractivity contribution in [3.05, 3.63) is 53.6 Å². The molecule has 0 aliphatic carbocycles. The van der Waals surface area contributed by atoms with Gasteiger partial charge in [0, 0.05) is 18.7 Å². The minimum absolute atomic E-state index is 0.000132. The number of hydrogen-bond acceptors (Lipinski definition) is 2. The molecule has 1 aliphatic rings. The minimum Gasteiger partial charge on any atom is -0.481 e. The Morgan fingerprint density at radius 3 is 2.65 bits per heavy atom. The maximum absolute atomic E-state index is 12.2. The second kappa shape index (κ2) is 6.24. The van der Waals surface area contributed by atoms with Crippen molar-refractivity contribution in [2.45, 2.75) is 26.2 Å². The molecule has 2 aromatic rings. The van der Waals surface area contributed by atoms with Crippen LogP contribution in [0, 0.1) is 6.92 Å². The number of hydrogen-bond donors (Lipinski definition) is 1. The number of nitrogens with zero attached hydrogens (tertiary/aromatic N) is 1. The van der Waals surface area contributed by atoms with Crippen LogP contribution in [-0.2, 0) is 16.0 Å². The normalized spacial score (nSPS) is 13.8. The van der Waals surface area contributed by atoms with Crippen LogP contribution >= 0.6 is 0 Å². The number of carboxylic acids is 1. The van der Waals surface area contributed by atoms with Gasteiger partial charge in [-0.2, -0.15) is 0 Å².